The second-order valence-corrected chi connectivity index (χ2v) is 5.84. The molecule has 0 saturated heterocycles. The first-order chi connectivity index (χ1) is 10.3. The molecule has 0 amide bonds. The van der Waals surface area contributed by atoms with Crippen molar-refractivity contribution in [1.29, 1.82) is 0 Å². The number of aromatic nitrogens is 1. The van der Waals surface area contributed by atoms with Crippen molar-refractivity contribution in [2.45, 2.75) is 32.4 Å². The molecule has 0 spiro atoms. The number of ether oxygens (including phenoxy) is 1. The highest BCUT2D eigenvalue weighted by molar-refractivity contribution is 5.28. The van der Waals surface area contributed by atoms with Crippen LogP contribution < -0.4 is 10.1 Å². The standard InChI is InChI=1S/C18H24N2O/c1-3-19-18(15-6-7-15)16-10-11-20(13-16)12-14-4-8-17(21-2)9-5-14/h4-5,8-11,13,15,18-19H,3,6-7,12H2,1-2H3. The molecule has 1 aromatic carbocycles. The van der Waals surface area contributed by atoms with Crippen LogP contribution in [0.15, 0.2) is 42.7 Å². The summed E-state index contributed by atoms with van der Waals surface area (Å²) in [6.45, 7) is 4.13. The van der Waals surface area contributed by atoms with E-state index >= 15 is 0 Å². The van der Waals surface area contributed by atoms with Crippen LogP contribution >= 0.6 is 0 Å². The van der Waals surface area contributed by atoms with Crippen molar-refractivity contribution in [2.75, 3.05) is 13.7 Å². The van der Waals surface area contributed by atoms with E-state index < -0.39 is 0 Å². The third-order valence-corrected chi connectivity index (χ3v) is 4.17. The first-order valence-corrected chi connectivity index (χ1v) is 7.82. The molecule has 1 aliphatic carbocycles. The van der Waals surface area contributed by atoms with Crippen LogP contribution in [0.25, 0.3) is 0 Å². The van der Waals surface area contributed by atoms with Crippen molar-refractivity contribution in [1.82, 2.24) is 9.88 Å². The molecule has 1 aliphatic rings. The van der Waals surface area contributed by atoms with Crippen LogP contribution in [0.4, 0.5) is 0 Å². The van der Waals surface area contributed by atoms with E-state index in [1.54, 1.807) is 7.11 Å². The lowest BCUT2D eigenvalue weighted by Gasteiger charge is -2.15. The lowest BCUT2D eigenvalue weighted by Crippen LogP contribution is -2.22. The number of rotatable bonds is 7. The lowest BCUT2D eigenvalue weighted by molar-refractivity contribution is 0.414. The Balaban J connectivity index is 1.68. The molecule has 3 heteroatoms. The summed E-state index contributed by atoms with van der Waals surface area (Å²) < 4.78 is 7.47. The summed E-state index contributed by atoms with van der Waals surface area (Å²) >= 11 is 0. The third-order valence-electron chi connectivity index (χ3n) is 4.17. The largest absolute Gasteiger partial charge is 0.497 e. The van der Waals surface area contributed by atoms with Crippen LogP contribution in [0.2, 0.25) is 0 Å². The van der Waals surface area contributed by atoms with Gasteiger partial charge in [-0.2, -0.15) is 0 Å². The highest BCUT2D eigenvalue weighted by Gasteiger charge is 2.31. The van der Waals surface area contributed by atoms with E-state index in [-0.39, 0.29) is 0 Å². The van der Waals surface area contributed by atoms with Gasteiger partial charge in [0.15, 0.2) is 0 Å². The number of nitrogens with one attached hydrogen (secondary N) is 1. The van der Waals surface area contributed by atoms with Gasteiger partial charge in [-0.3, -0.25) is 0 Å². The van der Waals surface area contributed by atoms with E-state index in [9.17, 15) is 0 Å². The van der Waals surface area contributed by atoms with Gasteiger partial charge < -0.3 is 14.6 Å². The van der Waals surface area contributed by atoms with Crippen molar-refractivity contribution in [2.24, 2.45) is 5.92 Å². The summed E-state index contributed by atoms with van der Waals surface area (Å²) in [6, 6.07) is 11.1. The van der Waals surface area contributed by atoms with Gasteiger partial charge in [-0.05, 0) is 54.6 Å². The molecule has 3 rings (SSSR count). The molecule has 1 atom stereocenters. The highest BCUT2D eigenvalue weighted by Crippen LogP contribution is 2.41. The highest BCUT2D eigenvalue weighted by atomic mass is 16.5. The summed E-state index contributed by atoms with van der Waals surface area (Å²) in [4.78, 5) is 0. The molecule has 21 heavy (non-hydrogen) atoms. The van der Waals surface area contributed by atoms with E-state index in [1.807, 2.05) is 12.1 Å². The fourth-order valence-corrected chi connectivity index (χ4v) is 2.89. The molecule has 3 nitrogen and oxygen atoms in total. The van der Waals surface area contributed by atoms with Gasteiger partial charge in [0.1, 0.15) is 5.75 Å². The van der Waals surface area contributed by atoms with Gasteiger partial charge in [0.25, 0.3) is 0 Å². The molecule has 0 radical (unpaired) electrons. The van der Waals surface area contributed by atoms with E-state index in [0.29, 0.717) is 6.04 Å². The minimum atomic E-state index is 0.534. The summed E-state index contributed by atoms with van der Waals surface area (Å²) in [6.07, 6.45) is 7.20. The molecular weight excluding hydrogens is 260 g/mol. The van der Waals surface area contributed by atoms with Crippen LogP contribution in [-0.2, 0) is 6.54 Å². The minimum absolute atomic E-state index is 0.534. The Hall–Kier alpha value is -1.74. The Morgan fingerprint density at radius 2 is 2.00 bits per heavy atom. The number of benzene rings is 1. The van der Waals surface area contributed by atoms with Crippen molar-refractivity contribution < 1.29 is 4.74 Å². The molecule has 0 bridgehead atoms. The minimum Gasteiger partial charge on any atom is -0.497 e. The zero-order valence-electron chi connectivity index (χ0n) is 12.9. The van der Waals surface area contributed by atoms with Crippen molar-refractivity contribution in [3.05, 3.63) is 53.9 Å². The van der Waals surface area contributed by atoms with Crippen LogP contribution in [0.3, 0.4) is 0 Å². The Kier molecular flexibility index (Phi) is 4.30. The Bertz CT molecular complexity index is 569. The van der Waals surface area contributed by atoms with Gasteiger partial charge in [-0.15, -0.1) is 0 Å². The van der Waals surface area contributed by atoms with Crippen LogP contribution in [0.1, 0.15) is 36.9 Å². The van der Waals surface area contributed by atoms with Crippen molar-refractivity contribution >= 4 is 0 Å². The fourth-order valence-electron chi connectivity index (χ4n) is 2.89. The molecule has 1 unspecified atom stereocenters. The number of hydrogen-bond acceptors (Lipinski definition) is 2. The predicted octanol–water partition coefficient (Wildman–Crippen LogP) is 3.61. The molecule has 2 aromatic rings. The van der Waals surface area contributed by atoms with Gasteiger partial charge in [-0.25, -0.2) is 0 Å². The Morgan fingerprint density at radius 3 is 2.62 bits per heavy atom. The van der Waals surface area contributed by atoms with Gasteiger partial charge in [0.05, 0.1) is 7.11 Å². The Labute approximate surface area is 126 Å². The van der Waals surface area contributed by atoms with E-state index in [4.69, 9.17) is 4.74 Å². The SMILES string of the molecule is CCNC(c1ccn(Cc2ccc(OC)cc2)c1)C1CC1. The van der Waals surface area contributed by atoms with Gasteiger partial charge in [0.2, 0.25) is 0 Å². The molecule has 0 aliphatic heterocycles. The molecule has 112 valence electrons. The molecular formula is C18H24N2O. The van der Waals surface area contributed by atoms with Crippen LogP contribution in [0.5, 0.6) is 5.75 Å². The Morgan fingerprint density at radius 1 is 1.24 bits per heavy atom. The monoisotopic (exact) mass is 284 g/mol. The first kappa shape index (κ1) is 14.2. The fraction of sp³-hybridized carbons (Fsp3) is 0.444. The predicted molar refractivity (Wildman–Crippen MR) is 85.7 cm³/mol. The number of nitrogens with zero attached hydrogens (tertiary/aromatic N) is 1. The third kappa shape index (κ3) is 3.48. The van der Waals surface area contributed by atoms with Gasteiger partial charge in [0, 0.05) is 25.0 Å². The summed E-state index contributed by atoms with van der Waals surface area (Å²) in [7, 11) is 1.70. The maximum atomic E-state index is 5.20. The van der Waals surface area contributed by atoms with E-state index in [2.05, 4.69) is 47.4 Å². The van der Waals surface area contributed by atoms with Crippen LogP contribution in [0, 0.1) is 5.92 Å². The molecule has 1 N–H and O–H groups in total. The van der Waals surface area contributed by atoms with E-state index in [0.717, 1.165) is 24.8 Å². The first-order valence-electron chi connectivity index (χ1n) is 7.82. The van der Waals surface area contributed by atoms with Crippen molar-refractivity contribution in [3.8, 4) is 5.75 Å². The average molecular weight is 284 g/mol. The summed E-state index contributed by atoms with van der Waals surface area (Å²) in [5.41, 5.74) is 2.72. The second kappa shape index (κ2) is 6.35. The number of methoxy groups -OCH3 is 1. The van der Waals surface area contributed by atoms with Crippen LogP contribution in [-0.4, -0.2) is 18.2 Å². The van der Waals surface area contributed by atoms with Gasteiger partial charge in [-0.1, -0.05) is 19.1 Å². The smallest absolute Gasteiger partial charge is 0.118 e. The molecule has 1 heterocycles. The zero-order valence-corrected chi connectivity index (χ0v) is 12.9. The topological polar surface area (TPSA) is 26.2 Å². The molecule has 1 saturated carbocycles. The quantitative estimate of drug-likeness (QED) is 0.840. The van der Waals surface area contributed by atoms with Crippen molar-refractivity contribution in [3.63, 3.8) is 0 Å². The molecule has 1 fully saturated rings. The maximum absolute atomic E-state index is 5.20. The zero-order chi connectivity index (χ0) is 14.7. The van der Waals surface area contributed by atoms with E-state index in [1.165, 1.54) is 24.0 Å². The molecule has 1 aromatic heterocycles. The maximum Gasteiger partial charge on any atom is 0.118 e. The number of hydrogen-bond donors (Lipinski definition) is 1. The summed E-state index contributed by atoms with van der Waals surface area (Å²) in [5, 5.41) is 3.62. The lowest BCUT2D eigenvalue weighted by atomic mass is 10.1. The average Bonchev–Trinajstić information content (AvgIpc) is 3.25. The normalized spacial score (nSPS) is 15.9. The van der Waals surface area contributed by atoms with Gasteiger partial charge >= 0.3 is 0 Å². The second-order valence-electron chi connectivity index (χ2n) is 5.84. The summed E-state index contributed by atoms with van der Waals surface area (Å²) in [5.74, 6) is 1.75.